The Labute approximate surface area is 190 Å². The minimum absolute atomic E-state index is 0. The van der Waals surface area contributed by atoms with Crippen LogP contribution >= 0.6 is 24.0 Å². The summed E-state index contributed by atoms with van der Waals surface area (Å²) < 4.78 is 5.41. The lowest BCUT2D eigenvalue weighted by Crippen LogP contribution is -2.39. The molecule has 0 spiro atoms. The molecule has 0 amide bonds. The van der Waals surface area contributed by atoms with Crippen molar-refractivity contribution < 1.29 is 9.84 Å². The molecule has 0 saturated carbocycles. The van der Waals surface area contributed by atoms with E-state index in [2.05, 4.69) is 44.8 Å². The third-order valence-electron chi connectivity index (χ3n) is 5.00. The van der Waals surface area contributed by atoms with Gasteiger partial charge in [-0.05, 0) is 23.3 Å². The van der Waals surface area contributed by atoms with Crippen LogP contribution in [-0.4, -0.2) is 57.6 Å². The van der Waals surface area contributed by atoms with Gasteiger partial charge in [0.15, 0.2) is 5.96 Å². The summed E-state index contributed by atoms with van der Waals surface area (Å²) in [6, 6.07) is 18.7. The van der Waals surface area contributed by atoms with Crippen LogP contribution in [0.1, 0.15) is 17.0 Å². The van der Waals surface area contributed by atoms with Gasteiger partial charge >= 0.3 is 0 Å². The number of hydrogen-bond acceptors (Lipinski definition) is 4. The van der Waals surface area contributed by atoms with Crippen LogP contribution in [0.15, 0.2) is 59.6 Å². The van der Waals surface area contributed by atoms with Gasteiger partial charge in [0.1, 0.15) is 0 Å². The minimum atomic E-state index is 0. The number of halogens is 1. The fourth-order valence-corrected chi connectivity index (χ4v) is 3.29. The van der Waals surface area contributed by atoms with Gasteiger partial charge in [0.05, 0.1) is 19.8 Å². The highest BCUT2D eigenvalue weighted by atomic mass is 127. The second kappa shape index (κ2) is 12.7. The Morgan fingerprint density at radius 1 is 1.07 bits per heavy atom. The van der Waals surface area contributed by atoms with Gasteiger partial charge in [0.25, 0.3) is 0 Å². The molecular formula is C22H31IN4O2. The maximum atomic E-state index is 9.69. The molecule has 3 N–H and O–H groups in total. The quantitative estimate of drug-likeness (QED) is 0.304. The number of benzene rings is 2. The van der Waals surface area contributed by atoms with E-state index in [4.69, 9.17) is 4.74 Å². The number of ether oxygens (including phenoxy) is 1. The molecule has 0 aliphatic carbocycles. The maximum Gasteiger partial charge on any atom is 0.191 e. The van der Waals surface area contributed by atoms with Crippen molar-refractivity contribution in [2.45, 2.75) is 12.5 Å². The summed E-state index contributed by atoms with van der Waals surface area (Å²) in [7, 11) is 1.76. The molecule has 0 aromatic heterocycles. The first-order valence-electron chi connectivity index (χ1n) is 9.82. The first-order chi connectivity index (χ1) is 13.8. The molecule has 6 nitrogen and oxygen atoms in total. The van der Waals surface area contributed by atoms with E-state index in [1.807, 2.05) is 30.3 Å². The second-order valence-electron chi connectivity index (χ2n) is 6.86. The lowest BCUT2D eigenvalue weighted by atomic mass is 10.0. The zero-order chi connectivity index (χ0) is 19.6. The van der Waals surface area contributed by atoms with Crippen LogP contribution in [0.5, 0.6) is 0 Å². The van der Waals surface area contributed by atoms with Gasteiger partial charge in [-0.1, -0.05) is 42.5 Å². The Hall–Kier alpha value is -1.84. The summed E-state index contributed by atoms with van der Waals surface area (Å²) in [5.41, 5.74) is 3.55. The Balaban J connectivity index is 0.00000300. The van der Waals surface area contributed by atoms with E-state index in [0.717, 1.165) is 37.8 Å². The highest BCUT2D eigenvalue weighted by Crippen LogP contribution is 2.17. The first-order valence-corrected chi connectivity index (χ1v) is 9.82. The molecule has 29 heavy (non-hydrogen) atoms. The molecule has 1 unspecified atom stereocenters. The number of rotatable bonds is 7. The van der Waals surface area contributed by atoms with Gasteiger partial charge in [0, 0.05) is 44.8 Å². The Kier molecular flexibility index (Phi) is 10.2. The number of aliphatic hydroxyl groups is 1. The molecule has 1 saturated heterocycles. The van der Waals surface area contributed by atoms with Crippen molar-refractivity contribution in [1.29, 1.82) is 0 Å². The number of morpholine rings is 1. The van der Waals surface area contributed by atoms with Crippen LogP contribution in [0.4, 0.5) is 5.69 Å². The molecule has 1 heterocycles. The van der Waals surface area contributed by atoms with E-state index >= 15 is 0 Å². The van der Waals surface area contributed by atoms with Crippen LogP contribution in [0.3, 0.4) is 0 Å². The molecule has 2 aromatic carbocycles. The lowest BCUT2D eigenvalue weighted by Gasteiger charge is -2.29. The lowest BCUT2D eigenvalue weighted by molar-refractivity contribution is 0.122. The average molecular weight is 510 g/mol. The normalized spacial score (nSPS) is 15.4. The molecular weight excluding hydrogens is 479 g/mol. The average Bonchev–Trinajstić information content (AvgIpc) is 2.78. The molecule has 3 rings (SSSR count). The molecule has 2 aromatic rings. The van der Waals surface area contributed by atoms with E-state index in [1.165, 1.54) is 11.3 Å². The molecule has 1 atom stereocenters. The first kappa shape index (κ1) is 23.4. The predicted octanol–water partition coefficient (Wildman–Crippen LogP) is 2.58. The molecule has 158 valence electrons. The summed E-state index contributed by atoms with van der Waals surface area (Å²) in [5.74, 6) is 0.763. The summed E-state index contributed by atoms with van der Waals surface area (Å²) in [4.78, 5) is 6.63. The predicted molar refractivity (Wildman–Crippen MR) is 129 cm³/mol. The summed E-state index contributed by atoms with van der Waals surface area (Å²) in [6.07, 6.45) is 0. The Morgan fingerprint density at radius 2 is 1.76 bits per heavy atom. The van der Waals surface area contributed by atoms with Crippen LogP contribution in [0.25, 0.3) is 0 Å². The number of nitrogens with zero attached hydrogens (tertiary/aromatic N) is 2. The highest BCUT2D eigenvalue weighted by Gasteiger charge is 2.12. The fraction of sp³-hybridized carbons (Fsp3) is 0.409. The van der Waals surface area contributed by atoms with E-state index in [-0.39, 0.29) is 36.5 Å². The molecule has 0 bridgehead atoms. The van der Waals surface area contributed by atoms with Crippen LogP contribution in [-0.2, 0) is 11.3 Å². The van der Waals surface area contributed by atoms with Crippen molar-refractivity contribution in [3.8, 4) is 0 Å². The number of guanidine groups is 1. The SMILES string of the molecule is CN=C(NCc1ccc(N2CCOCC2)cc1)NCC(CO)c1ccccc1.I. The van der Waals surface area contributed by atoms with Crippen LogP contribution < -0.4 is 15.5 Å². The van der Waals surface area contributed by atoms with Crippen molar-refractivity contribution in [2.24, 2.45) is 4.99 Å². The van der Waals surface area contributed by atoms with Crippen LogP contribution in [0.2, 0.25) is 0 Å². The largest absolute Gasteiger partial charge is 0.396 e. The van der Waals surface area contributed by atoms with E-state index < -0.39 is 0 Å². The Bertz CT molecular complexity index is 734. The molecule has 1 aliphatic rings. The molecule has 1 aliphatic heterocycles. The number of aliphatic hydroxyl groups excluding tert-OH is 1. The minimum Gasteiger partial charge on any atom is -0.396 e. The highest BCUT2D eigenvalue weighted by molar-refractivity contribution is 14.0. The maximum absolute atomic E-state index is 9.69. The van der Waals surface area contributed by atoms with E-state index in [9.17, 15) is 5.11 Å². The van der Waals surface area contributed by atoms with Crippen molar-refractivity contribution in [2.75, 3.05) is 51.4 Å². The number of nitrogens with one attached hydrogen (secondary N) is 2. The number of aliphatic imine (C=N–C) groups is 1. The fourth-order valence-electron chi connectivity index (χ4n) is 3.29. The van der Waals surface area contributed by atoms with Gasteiger partial charge in [-0.15, -0.1) is 24.0 Å². The van der Waals surface area contributed by atoms with E-state index in [0.29, 0.717) is 13.1 Å². The summed E-state index contributed by atoms with van der Waals surface area (Å²) in [5, 5.41) is 16.3. The Morgan fingerprint density at radius 3 is 2.38 bits per heavy atom. The topological polar surface area (TPSA) is 69.1 Å². The van der Waals surface area contributed by atoms with Gasteiger partial charge in [-0.3, -0.25) is 4.99 Å². The van der Waals surface area contributed by atoms with Gasteiger partial charge < -0.3 is 25.4 Å². The second-order valence-corrected chi connectivity index (χ2v) is 6.86. The number of hydrogen-bond donors (Lipinski definition) is 3. The van der Waals surface area contributed by atoms with Crippen LogP contribution in [0, 0.1) is 0 Å². The van der Waals surface area contributed by atoms with Gasteiger partial charge in [-0.2, -0.15) is 0 Å². The molecule has 1 fully saturated rings. The van der Waals surface area contributed by atoms with Gasteiger partial charge in [0.2, 0.25) is 0 Å². The zero-order valence-corrected chi connectivity index (χ0v) is 19.2. The van der Waals surface area contributed by atoms with Crippen molar-refractivity contribution in [1.82, 2.24) is 10.6 Å². The number of anilines is 1. The molecule has 0 radical (unpaired) electrons. The zero-order valence-electron chi connectivity index (χ0n) is 16.9. The van der Waals surface area contributed by atoms with Crippen molar-refractivity contribution in [3.05, 3.63) is 65.7 Å². The third-order valence-corrected chi connectivity index (χ3v) is 5.00. The van der Waals surface area contributed by atoms with E-state index in [1.54, 1.807) is 7.05 Å². The third kappa shape index (κ3) is 7.17. The molecule has 7 heteroatoms. The van der Waals surface area contributed by atoms with Crippen molar-refractivity contribution in [3.63, 3.8) is 0 Å². The summed E-state index contributed by atoms with van der Waals surface area (Å²) in [6.45, 7) is 4.89. The standard InChI is InChI=1S/C22H30N4O2.HI/c1-23-22(25-16-20(17-27)19-5-3-2-4-6-19)24-15-18-7-9-21(10-8-18)26-11-13-28-14-12-26;/h2-10,20,27H,11-17H2,1H3,(H2,23,24,25);1H. The van der Waals surface area contributed by atoms with Crippen molar-refractivity contribution >= 4 is 35.6 Å². The monoisotopic (exact) mass is 510 g/mol. The summed E-state index contributed by atoms with van der Waals surface area (Å²) >= 11 is 0. The van der Waals surface area contributed by atoms with Gasteiger partial charge in [-0.25, -0.2) is 0 Å². The smallest absolute Gasteiger partial charge is 0.191 e.